The Bertz CT molecular complexity index is 722. The van der Waals surface area contributed by atoms with Gasteiger partial charge in [0.2, 0.25) is 0 Å². The van der Waals surface area contributed by atoms with Gasteiger partial charge < -0.3 is 14.4 Å². The molecule has 0 saturated carbocycles. The molecule has 1 spiro atoms. The van der Waals surface area contributed by atoms with Gasteiger partial charge in [0.15, 0.2) is 0 Å². The van der Waals surface area contributed by atoms with Crippen LogP contribution in [-0.2, 0) is 15.1 Å². The third kappa shape index (κ3) is 3.68. The lowest BCUT2D eigenvalue weighted by Gasteiger charge is -2.47. The maximum absolute atomic E-state index is 12.1. The molecule has 1 N–H and O–H groups in total. The molecule has 3 aliphatic rings. The summed E-state index contributed by atoms with van der Waals surface area (Å²) in [7, 11) is 0. The van der Waals surface area contributed by atoms with Gasteiger partial charge in [-0.2, -0.15) is 0 Å². The lowest BCUT2D eigenvalue weighted by atomic mass is 9.81. The van der Waals surface area contributed by atoms with Crippen LogP contribution >= 0.6 is 0 Å². The Morgan fingerprint density at radius 2 is 1.93 bits per heavy atom. The van der Waals surface area contributed by atoms with E-state index in [1.54, 1.807) is 0 Å². The predicted molar refractivity (Wildman–Crippen MR) is 105 cm³/mol. The third-order valence-corrected chi connectivity index (χ3v) is 6.22. The number of hydrogen-bond acceptors (Lipinski definition) is 5. The number of ether oxygens (including phenoxy) is 2. The fourth-order valence-corrected chi connectivity index (χ4v) is 4.67. The number of rotatable bonds is 3. The number of nitrogens with one attached hydrogen (secondary N) is 1. The minimum atomic E-state index is -0.514. The monoisotopic (exact) mass is 387 g/mol. The van der Waals surface area contributed by atoms with Gasteiger partial charge in [-0.15, -0.1) is 0 Å². The highest BCUT2D eigenvalue weighted by Gasteiger charge is 2.45. The van der Waals surface area contributed by atoms with Crippen molar-refractivity contribution in [1.82, 2.24) is 9.80 Å². The van der Waals surface area contributed by atoms with Crippen molar-refractivity contribution in [3.05, 3.63) is 29.8 Å². The first-order valence-corrected chi connectivity index (χ1v) is 10.4. The van der Waals surface area contributed by atoms with Gasteiger partial charge in [0.1, 0.15) is 5.60 Å². The van der Waals surface area contributed by atoms with Gasteiger partial charge in [0, 0.05) is 50.6 Å². The van der Waals surface area contributed by atoms with Crippen LogP contribution in [0.15, 0.2) is 24.3 Å². The molecule has 7 heteroatoms. The number of hydrogen-bond donors (Lipinski definition) is 1. The van der Waals surface area contributed by atoms with Crippen molar-refractivity contribution in [3.8, 4) is 0 Å². The molecule has 0 atom stereocenters. The molecule has 28 heavy (non-hydrogen) atoms. The second kappa shape index (κ2) is 7.99. The maximum Gasteiger partial charge on any atom is 0.412 e. The number of likely N-dealkylation sites (tertiary alicyclic amines) is 2. The van der Waals surface area contributed by atoms with Gasteiger partial charge >= 0.3 is 12.2 Å². The molecule has 2 saturated heterocycles. The second-order valence-electron chi connectivity index (χ2n) is 7.92. The molecule has 152 valence electrons. The predicted octanol–water partition coefficient (Wildman–Crippen LogP) is 3.55. The summed E-state index contributed by atoms with van der Waals surface area (Å²) >= 11 is 0. The molecule has 3 aliphatic heterocycles. The van der Waals surface area contributed by atoms with Gasteiger partial charge in [-0.1, -0.05) is 25.1 Å². The molecule has 1 aromatic rings. The quantitative estimate of drug-likeness (QED) is 0.859. The smallest absolute Gasteiger partial charge is 0.412 e. The minimum absolute atomic E-state index is 0.184. The maximum atomic E-state index is 12.1. The average Bonchev–Trinajstić information content (AvgIpc) is 2.72. The van der Waals surface area contributed by atoms with E-state index in [1.165, 1.54) is 0 Å². The fourth-order valence-electron chi connectivity index (χ4n) is 4.67. The van der Waals surface area contributed by atoms with E-state index in [0.29, 0.717) is 12.6 Å². The van der Waals surface area contributed by atoms with Crippen LogP contribution in [0.25, 0.3) is 0 Å². The van der Waals surface area contributed by atoms with Crippen molar-refractivity contribution in [2.24, 2.45) is 0 Å². The summed E-state index contributed by atoms with van der Waals surface area (Å²) in [6, 6.07) is 8.41. The van der Waals surface area contributed by atoms with Crippen molar-refractivity contribution in [1.29, 1.82) is 0 Å². The Labute approximate surface area is 166 Å². The summed E-state index contributed by atoms with van der Waals surface area (Å²) in [5, 5.41) is 2.81. The molecule has 1 aromatic carbocycles. The van der Waals surface area contributed by atoms with Crippen molar-refractivity contribution < 1.29 is 19.1 Å². The Morgan fingerprint density at radius 1 is 1.21 bits per heavy atom. The minimum Gasteiger partial charge on any atom is -0.449 e. The topological polar surface area (TPSA) is 71.1 Å². The average molecular weight is 387 g/mol. The summed E-state index contributed by atoms with van der Waals surface area (Å²) in [5.74, 6) is 0. The van der Waals surface area contributed by atoms with Crippen LogP contribution in [0.2, 0.25) is 0 Å². The SMILES string of the molecule is CCCOC(=O)N1CCC(N2CCC3(CC2)OC(=O)Nc2ccccc23)CC1. The second-order valence-corrected chi connectivity index (χ2v) is 7.92. The van der Waals surface area contributed by atoms with Crippen LogP contribution in [0.5, 0.6) is 0 Å². The molecule has 7 nitrogen and oxygen atoms in total. The number of anilines is 1. The van der Waals surface area contributed by atoms with Crippen molar-refractivity contribution in [2.45, 2.75) is 50.7 Å². The summed E-state index contributed by atoms with van der Waals surface area (Å²) in [5.41, 5.74) is 1.44. The summed E-state index contributed by atoms with van der Waals surface area (Å²) in [4.78, 5) is 28.4. The van der Waals surface area contributed by atoms with Crippen LogP contribution < -0.4 is 5.32 Å². The molecule has 0 aliphatic carbocycles. The number of amides is 2. The van der Waals surface area contributed by atoms with E-state index in [1.807, 2.05) is 30.0 Å². The highest BCUT2D eigenvalue weighted by Crippen LogP contribution is 2.43. The van der Waals surface area contributed by atoms with Crippen LogP contribution in [0.4, 0.5) is 15.3 Å². The Morgan fingerprint density at radius 3 is 2.64 bits per heavy atom. The lowest BCUT2D eigenvalue weighted by molar-refractivity contribution is -0.0504. The summed E-state index contributed by atoms with van der Waals surface area (Å²) in [6.07, 6.45) is 3.84. The molecule has 0 bridgehead atoms. The number of nitrogens with zero attached hydrogens (tertiary/aromatic N) is 2. The largest absolute Gasteiger partial charge is 0.449 e. The normalized spacial score (nSPS) is 22.3. The first kappa shape index (κ1) is 19.1. The zero-order chi connectivity index (χ0) is 19.6. The van der Waals surface area contributed by atoms with Crippen molar-refractivity contribution >= 4 is 17.9 Å². The Hall–Kier alpha value is -2.28. The highest BCUT2D eigenvalue weighted by molar-refractivity contribution is 5.88. The van der Waals surface area contributed by atoms with Crippen LogP contribution in [-0.4, -0.2) is 60.8 Å². The molecular formula is C21H29N3O4. The first-order chi connectivity index (χ1) is 13.6. The molecule has 2 amide bonds. The van der Waals surface area contributed by atoms with E-state index < -0.39 is 5.60 Å². The molecule has 0 unspecified atom stereocenters. The Kier molecular flexibility index (Phi) is 5.44. The molecule has 0 aromatic heterocycles. The molecule has 3 heterocycles. The number of para-hydroxylation sites is 1. The fraction of sp³-hybridized carbons (Fsp3) is 0.619. The van der Waals surface area contributed by atoms with Crippen LogP contribution in [0.1, 0.15) is 44.6 Å². The van der Waals surface area contributed by atoms with Crippen LogP contribution in [0.3, 0.4) is 0 Å². The van der Waals surface area contributed by atoms with E-state index in [-0.39, 0.29) is 12.2 Å². The van der Waals surface area contributed by atoms with Crippen molar-refractivity contribution in [3.63, 3.8) is 0 Å². The molecule has 4 rings (SSSR count). The Balaban J connectivity index is 1.34. The van der Waals surface area contributed by atoms with Gasteiger partial charge in [-0.3, -0.25) is 10.2 Å². The van der Waals surface area contributed by atoms with E-state index in [0.717, 1.165) is 69.5 Å². The zero-order valence-corrected chi connectivity index (χ0v) is 16.5. The number of carbonyl (C=O) groups is 2. The van der Waals surface area contributed by atoms with Gasteiger partial charge in [-0.05, 0) is 25.3 Å². The zero-order valence-electron chi connectivity index (χ0n) is 16.5. The number of piperidine rings is 2. The molecular weight excluding hydrogens is 358 g/mol. The van der Waals surface area contributed by atoms with Gasteiger partial charge in [-0.25, -0.2) is 9.59 Å². The number of carbonyl (C=O) groups excluding carboxylic acids is 2. The van der Waals surface area contributed by atoms with Crippen molar-refractivity contribution in [2.75, 3.05) is 38.1 Å². The van der Waals surface area contributed by atoms with Crippen LogP contribution in [0, 0.1) is 0 Å². The van der Waals surface area contributed by atoms with E-state index in [2.05, 4.69) is 16.3 Å². The van der Waals surface area contributed by atoms with E-state index >= 15 is 0 Å². The molecule has 2 fully saturated rings. The van der Waals surface area contributed by atoms with E-state index in [9.17, 15) is 9.59 Å². The molecule has 0 radical (unpaired) electrons. The number of benzene rings is 1. The lowest BCUT2D eigenvalue weighted by Crippen LogP contribution is -2.53. The summed E-state index contributed by atoms with van der Waals surface area (Å²) < 4.78 is 11.1. The first-order valence-electron chi connectivity index (χ1n) is 10.4. The summed E-state index contributed by atoms with van der Waals surface area (Å²) in [6.45, 7) is 5.77. The number of fused-ring (bicyclic) bond motifs is 2. The highest BCUT2D eigenvalue weighted by atomic mass is 16.6. The van der Waals surface area contributed by atoms with Gasteiger partial charge in [0.25, 0.3) is 0 Å². The van der Waals surface area contributed by atoms with E-state index in [4.69, 9.17) is 9.47 Å². The third-order valence-electron chi connectivity index (χ3n) is 6.22. The van der Waals surface area contributed by atoms with Gasteiger partial charge in [0.05, 0.1) is 12.3 Å². The standard InChI is InChI=1S/C21H29N3O4/c1-2-15-27-20(26)24-11-7-16(8-12-24)23-13-9-21(10-14-23)17-5-3-4-6-18(17)22-19(25)28-21/h3-6,16H,2,7-15H2,1H3,(H,22,25).